The van der Waals surface area contributed by atoms with E-state index >= 15 is 0 Å². The van der Waals surface area contributed by atoms with Gasteiger partial charge >= 0.3 is 0 Å². The summed E-state index contributed by atoms with van der Waals surface area (Å²) in [5, 5.41) is 16.8. The lowest BCUT2D eigenvalue weighted by Crippen LogP contribution is -2.18. The molecule has 5 nitrogen and oxygen atoms in total. The summed E-state index contributed by atoms with van der Waals surface area (Å²) in [6.45, 7) is 6.26. The molecule has 1 aromatic heterocycles. The quantitative estimate of drug-likeness (QED) is 0.292. The van der Waals surface area contributed by atoms with E-state index in [4.69, 9.17) is 10.9 Å². The molecule has 1 heterocycles. The fourth-order valence-electron chi connectivity index (χ4n) is 2.07. The number of thioether (sulfide) groups is 1. The van der Waals surface area contributed by atoms with Crippen molar-refractivity contribution < 1.29 is 5.21 Å². The topological polar surface area (TPSA) is 76.4 Å². The highest BCUT2D eigenvalue weighted by Crippen LogP contribution is 2.27. The Morgan fingerprint density at radius 2 is 2.19 bits per heavy atom. The van der Waals surface area contributed by atoms with Gasteiger partial charge in [0.05, 0.1) is 16.9 Å². The van der Waals surface area contributed by atoms with Gasteiger partial charge in [0, 0.05) is 11.1 Å². The average Bonchev–Trinajstić information content (AvgIpc) is 2.96. The van der Waals surface area contributed by atoms with Crippen LogP contribution in [0.15, 0.2) is 40.5 Å². The molecule has 0 saturated carbocycles. The normalized spacial score (nSPS) is 12.1. The Kier molecular flexibility index (Phi) is 4.90. The molecule has 0 atom stereocenters. The smallest absolute Gasteiger partial charge is 0.173 e. The van der Waals surface area contributed by atoms with Crippen LogP contribution in [0.5, 0.6) is 0 Å². The Balaban J connectivity index is 2.58. The van der Waals surface area contributed by atoms with Crippen LogP contribution in [0, 0.1) is 0 Å². The molecule has 21 heavy (non-hydrogen) atoms. The summed E-state index contributed by atoms with van der Waals surface area (Å²) in [6.07, 6.45) is 1.90. The second-order valence-corrected chi connectivity index (χ2v) is 6.21. The van der Waals surface area contributed by atoms with Crippen LogP contribution in [0.3, 0.4) is 0 Å². The number of rotatable bonds is 5. The number of hydrogen-bond acceptors (Lipinski definition) is 4. The summed E-state index contributed by atoms with van der Waals surface area (Å²) in [6, 6.07) is 7.83. The number of nitrogens with two attached hydrogens (primary N) is 1. The van der Waals surface area contributed by atoms with Crippen molar-refractivity contribution in [1.82, 2.24) is 9.78 Å². The lowest BCUT2D eigenvalue weighted by molar-refractivity contribution is 0.318. The van der Waals surface area contributed by atoms with Crippen molar-refractivity contribution >= 4 is 17.6 Å². The van der Waals surface area contributed by atoms with Crippen LogP contribution >= 0.6 is 11.8 Å². The van der Waals surface area contributed by atoms with Crippen molar-refractivity contribution in [3.05, 3.63) is 41.7 Å². The minimum absolute atomic E-state index is 0.100. The third-order valence-electron chi connectivity index (χ3n) is 3.12. The van der Waals surface area contributed by atoms with Crippen LogP contribution < -0.4 is 5.73 Å². The third kappa shape index (κ3) is 3.21. The van der Waals surface area contributed by atoms with Gasteiger partial charge in [-0.2, -0.15) is 5.10 Å². The molecule has 112 valence electrons. The van der Waals surface area contributed by atoms with Gasteiger partial charge in [-0.15, -0.1) is 11.8 Å². The largest absolute Gasteiger partial charge is 0.409 e. The van der Waals surface area contributed by atoms with Crippen molar-refractivity contribution in [3.63, 3.8) is 0 Å². The molecular weight excluding hydrogens is 284 g/mol. The highest BCUT2D eigenvalue weighted by atomic mass is 32.2. The van der Waals surface area contributed by atoms with Crippen LogP contribution in [0.1, 0.15) is 37.9 Å². The highest BCUT2D eigenvalue weighted by Gasteiger charge is 2.15. The number of benzene rings is 1. The van der Waals surface area contributed by atoms with Gasteiger partial charge in [0.15, 0.2) is 5.84 Å². The molecule has 0 amide bonds. The lowest BCUT2D eigenvalue weighted by atomic mass is 10.1. The summed E-state index contributed by atoms with van der Waals surface area (Å²) in [7, 11) is 0. The Morgan fingerprint density at radius 1 is 1.43 bits per heavy atom. The molecule has 0 spiro atoms. The maximum Gasteiger partial charge on any atom is 0.173 e. The van der Waals surface area contributed by atoms with Gasteiger partial charge in [-0.25, -0.2) is 4.68 Å². The number of oxime groups is 1. The Bertz CT molecular complexity index is 649. The minimum atomic E-state index is 0.100. The molecule has 0 fully saturated rings. The molecule has 0 aliphatic heterocycles. The Labute approximate surface area is 128 Å². The average molecular weight is 304 g/mol. The van der Waals surface area contributed by atoms with E-state index < -0.39 is 0 Å². The first-order valence-corrected chi connectivity index (χ1v) is 7.86. The monoisotopic (exact) mass is 304 g/mol. The van der Waals surface area contributed by atoms with Gasteiger partial charge in [0.2, 0.25) is 0 Å². The second-order valence-electron chi connectivity index (χ2n) is 4.91. The predicted octanol–water partition coefficient (Wildman–Crippen LogP) is 3.20. The van der Waals surface area contributed by atoms with Gasteiger partial charge < -0.3 is 10.9 Å². The number of hydrogen-bond donors (Lipinski definition) is 2. The Hall–Kier alpha value is -1.95. The summed E-state index contributed by atoms with van der Waals surface area (Å²) in [4.78, 5) is 0.979. The molecule has 0 saturated heterocycles. The summed E-state index contributed by atoms with van der Waals surface area (Å²) >= 11 is 1.65. The van der Waals surface area contributed by atoms with Crippen LogP contribution in [0.25, 0.3) is 5.69 Å². The van der Waals surface area contributed by atoms with E-state index in [-0.39, 0.29) is 5.84 Å². The first-order valence-electron chi connectivity index (χ1n) is 6.88. The molecule has 2 rings (SSSR count). The number of amidine groups is 1. The molecule has 2 aromatic rings. The summed E-state index contributed by atoms with van der Waals surface area (Å²) < 4.78 is 1.78. The first-order chi connectivity index (χ1) is 10.1. The molecule has 0 aliphatic carbocycles. The zero-order valence-electron chi connectivity index (χ0n) is 12.4. The van der Waals surface area contributed by atoms with Crippen molar-refractivity contribution in [2.45, 2.75) is 31.6 Å². The molecule has 0 unspecified atom stereocenters. The van der Waals surface area contributed by atoms with E-state index in [2.05, 4.69) is 31.0 Å². The van der Waals surface area contributed by atoms with Crippen LogP contribution in [0.2, 0.25) is 0 Å². The van der Waals surface area contributed by atoms with Crippen LogP contribution in [-0.2, 0) is 0 Å². The Morgan fingerprint density at radius 3 is 2.76 bits per heavy atom. The van der Waals surface area contributed by atoms with E-state index in [1.807, 2.05) is 30.5 Å². The van der Waals surface area contributed by atoms with E-state index in [0.29, 0.717) is 11.5 Å². The van der Waals surface area contributed by atoms with Gasteiger partial charge in [-0.3, -0.25) is 0 Å². The second kappa shape index (κ2) is 6.67. The maximum atomic E-state index is 9.07. The minimum Gasteiger partial charge on any atom is -0.409 e. The lowest BCUT2D eigenvalue weighted by Gasteiger charge is -2.13. The van der Waals surface area contributed by atoms with Gasteiger partial charge in [0.25, 0.3) is 0 Å². The van der Waals surface area contributed by atoms with Crippen molar-refractivity contribution in [3.8, 4) is 5.69 Å². The van der Waals surface area contributed by atoms with Crippen LogP contribution in [0.4, 0.5) is 0 Å². The molecule has 0 bridgehead atoms. The standard InChI is InChI=1S/C15H20N4OS/c1-4-21-13-7-5-6-12(14(13)15(16)18-20)19-9-8-11(17-19)10(2)3/h5-10,20H,4H2,1-3H3,(H2,16,18). The van der Waals surface area contributed by atoms with E-state index in [1.54, 1.807) is 16.4 Å². The summed E-state index contributed by atoms with van der Waals surface area (Å²) in [5.74, 6) is 1.36. The van der Waals surface area contributed by atoms with Gasteiger partial charge in [-0.1, -0.05) is 32.0 Å². The third-order valence-corrected chi connectivity index (χ3v) is 4.06. The van der Waals surface area contributed by atoms with Crippen molar-refractivity contribution in [2.24, 2.45) is 10.9 Å². The fourth-order valence-corrected chi connectivity index (χ4v) is 2.91. The molecule has 0 radical (unpaired) electrons. The molecule has 1 aromatic carbocycles. The molecule has 0 aliphatic rings. The highest BCUT2D eigenvalue weighted by molar-refractivity contribution is 7.99. The number of nitrogens with zero attached hydrogens (tertiary/aromatic N) is 3. The summed E-state index contributed by atoms with van der Waals surface area (Å²) in [5.41, 5.74) is 8.41. The van der Waals surface area contributed by atoms with Crippen molar-refractivity contribution in [1.29, 1.82) is 0 Å². The van der Waals surface area contributed by atoms with Gasteiger partial charge in [0.1, 0.15) is 0 Å². The van der Waals surface area contributed by atoms with E-state index in [0.717, 1.165) is 22.0 Å². The van der Waals surface area contributed by atoms with E-state index in [1.165, 1.54) is 0 Å². The maximum absolute atomic E-state index is 9.07. The van der Waals surface area contributed by atoms with Crippen molar-refractivity contribution in [2.75, 3.05) is 5.75 Å². The predicted molar refractivity (Wildman–Crippen MR) is 86.6 cm³/mol. The van der Waals surface area contributed by atoms with Crippen LogP contribution in [-0.4, -0.2) is 26.6 Å². The van der Waals surface area contributed by atoms with E-state index in [9.17, 15) is 0 Å². The SMILES string of the molecule is CCSc1cccc(-n2ccc(C(C)C)n2)c1/C(N)=N/O. The molecule has 6 heteroatoms. The zero-order valence-corrected chi connectivity index (χ0v) is 13.3. The first kappa shape index (κ1) is 15.4. The fraction of sp³-hybridized carbons (Fsp3) is 0.333. The number of aromatic nitrogens is 2. The zero-order chi connectivity index (χ0) is 15.4. The van der Waals surface area contributed by atoms with Gasteiger partial charge in [-0.05, 0) is 29.9 Å². The molecular formula is C15H20N4OS. The molecule has 3 N–H and O–H groups in total.